The van der Waals surface area contributed by atoms with Crippen molar-refractivity contribution in [2.45, 2.75) is 53.6 Å². The van der Waals surface area contributed by atoms with Gasteiger partial charge >= 0.3 is 6.09 Å². The molecule has 0 aromatic carbocycles. The molecule has 1 amide bonds. The molecule has 0 aromatic rings. The van der Waals surface area contributed by atoms with Gasteiger partial charge in [0, 0.05) is 6.54 Å². The molecule has 0 aromatic heterocycles. The first kappa shape index (κ1) is 16.2. The summed E-state index contributed by atoms with van der Waals surface area (Å²) in [5.41, 5.74) is 5.26. The van der Waals surface area contributed by atoms with Crippen LogP contribution in [0, 0.1) is 11.3 Å². The van der Waals surface area contributed by atoms with Gasteiger partial charge in [0.05, 0.1) is 0 Å². The van der Waals surface area contributed by atoms with Gasteiger partial charge in [-0.3, -0.25) is 0 Å². The predicted molar refractivity (Wildman–Crippen MR) is 70.9 cm³/mol. The van der Waals surface area contributed by atoms with E-state index in [1.165, 1.54) is 0 Å². The Balaban J connectivity index is 4.19. The van der Waals surface area contributed by atoms with Gasteiger partial charge in [0.1, 0.15) is 5.60 Å². The second kappa shape index (κ2) is 6.24. The quantitative estimate of drug-likeness (QED) is 0.781. The molecule has 0 aliphatic heterocycles. The Morgan fingerprint density at radius 3 is 2.18 bits per heavy atom. The van der Waals surface area contributed by atoms with Crippen LogP contribution in [0.25, 0.3) is 0 Å². The van der Waals surface area contributed by atoms with Crippen molar-refractivity contribution in [3.63, 3.8) is 0 Å². The summed E-state index contributed by atoms with van der Waals surface area (Å²) in [6, 6.07) is 0. The van der Waals surface area contributed by atoms with E-state index in [1.54, 1.807) is 0 Å². The number of carbonyl (C=O) groups excluding carboxylic acids is 1. The molecule has 1 atom stereocenters. The zero-order chi connectivity index (χ0) is 13.7. The van der Waals surface area contributed by atoms with E-state index in [2.05, 4.69) is 26.1 Å². The van der Waals surface area contributed by atoms with Gasteiger partial charge in [-0.2, -0.15) is 0 Å². The Labute approximate surface area is 105 Å². The smallest absolute Gasteiger partial charge is 0.407 e. The van der Waals surface area contributed by atoms with E-state index in [-0.39, 0.29) is 11.5 Å². The average Bonchev–Trinajstić information content (AvgIpc) is 2.11. The van der Waals surface area contributed by atoms with Gasteiger partial charge in [-0.05, 0) is 45.1 Å². The van der Waals surface area contributed by atoms with E-state index in [1.807, 2.05) is 20.8 Å². The second-order valence-electron chi connectivity index (χ2n) is 6.47. The first-order valence-corrected chi connectivity index (χ1v) is 6.25. The highest BCUT2D eigenvalue weighted by Gasteiger charge is 2.25. The molecule has 17 heavy (non-hydrogen) atoms. The summed E-state index contributed by atoms with van der Waals surface area (Å²) < 4.78 is 5.19. The van der Waals surface area contributed by atoms with Crippen LogP contribution < -0.4 is 11.1 Å². The minimum absolute atomic E-state index is 0.0644. The summed E-state index contributed by atoms with van der Waals surface area (Å²) in [6.07, 6.45) is 0.611. The van der Waals surface area contributed by atoms with Gasteiger partial charge in [0.25, 0.3) is 0 Å². The largest absolute Gasteiger partial charge is 0.444 e. The minimum Gasteiger partial charge on any atom is -0.444 e. The number of ether oxygens (including phenoxy) is 1. The van der Waals surface area contributed by atoms with E-state index in [0.29, 0.717) is 19.0 Å². The van der Waals surface area contributed by atoms with E-state index in [0.717, 1.165) is 6.42 Å². The third-order valence-corrected chi connectivity index (χ3v) is 2.45. The van der Waals surface area contributed by atoms with Gasteiger partial charge in [-0.15, -0.1) is 0 Å². The van der Waals surface area contributed by atoms with Gasteiger partial charge < -0.3 is 15.8 Å². The van der Waals surface area contributed by atoms with Crippen molar-refractivity contribution in [1.29, 1.82) is 0 Å². The zero-order valence-electron chi connectivity index (χ0n) is 12.1. The van der Waals surface area contributed by atoms with Crippen LogP contribution in [0.1, 0.15) is 48.0 Å². The summed E-state index contributed by atoms with van der Waals surface area (Å²) in [4.78, 5) is 11.5. The van der Waals surface area contributed by atoms with Crippen molar-refractivity contribution in [2.24, 2.45) is 17.1 Å². The maximum absolute atomic E-state index is 11.5. The van der Waals surface area contributed by atoms with Gasteiger partial charge in [-0.1, -0.05) is 20.8 Å². The maximum Gasteiger partial charge on any atom is 0.407 e. The first-order valence-electron chi connectivity index (χ1n) is 6.25. The third-order valence-electron chi connectivity index (χ3n) is 2.45. The highest BCUT2D eigenvalue weighted by molar-refractivity contribution is 5.67. The molecule has 0 saturated heterocycles. The van der Waals surface area contributed by atoms with Crippen molar-refractivity contribution >= 4 is 6.09 Å². The lowest BCUT2D eigenvalue weighted by molar-refractivity contribution is 0.0499. The molecule has 0 fully saturated rings. The lowest BCUT2D eigenvalue weighted by Gasteiger charge is -2.30. The molecule has 1 unspecified atom stereocenters. The van der Waals surface area contributed by atoms with Crippen molar-refractivity contribution in [3.8, 4) is 0 Å². The van der Waals surface area contributed by atoms with Crippen LogP contribution in [0.2, 0.25) is 0 Å². The number of carbonyl (C=O) groups is 1. The lowest BCUT2D eigenvalue weighted by atomic mass is 9.82. The summed E-state index contributed by atoms with van der Waals surface area (Å²) >= 11 is 0. The van der Waals surface area contributed by atoms with Gasteiger partial charge in [0.2, 0.25) is 0 Å². The maximum atomic E-state index is 11.5. The molecule has 0 saturated carbocycles. The van der Waals surface area contributed by atoms with Crippen LogP contribution >= 0.6 is 0 Å². The second-order valence-corrected chi connectivity index (χ2v) is 6.47. The topological polar surface area (TPSA) is 64.3 Å². The number of hydrogen-bond acceptors (Lipinski definition) is 3. The molecular weight excluding hydrogens is 216 g/mol. The molecule has 0 aliphatic rings. The molecule has 0 spiro atoms. The van der Waals surface area contributed by atoms with Crippen molar-refractivity contribution in [1.82, 2.24) is 5.32 Å². The predicted octanol–water partition coefficient (Wildman–Crippen LogP) is 2.52. The SMILES string of the molecule is CC(C)CC(C)(CN)CNC(=O)OC(C)(C)C. The number of amides is 1. The van der Waals surface area contributed by atoms with Crippen molar-refractivity contribution in [3.05, 3.63) is 0 Å². The van der Waals surface area contributed by atoms with Crippen LogP contribution in [0.3, 0.4) is 0 Å². The van der Waals surface area contributed by atoms with Crippen molar-refractivity contribution < 1.29 is 9.53 Å². The Morgan fingerprint density at radius 1 is 1.29 bits per heavy atom. The highest BCUT2D eigenvalue weighted by Crippen LogP contribution is 2.23. The molecule has 4 heteroatoms. The molecule has 3 N–H and O–H groups in total. The number of rotatable bonds is 5. The number of nitrogens with one attached hydrogen (secondary N) is 1. The van der Waals surface area contributed by atoms with E-state index in [4.69, 9.17) is 10.5 Å². The molecular formula is C13H28N2O2. The van der Waals surface area contributed by atoms with Gasteiger partial charge in [0.15, 0.2) is 0 Å². The van der Waals surface area contributed by atoms with E-state index >= 15 is 0 Å². The Morgan fingerprint density at radius 2 is 1.82 bits per heavy atom. The first-order chi connectivity index (χ1) is 7.58. The zero-order valence-corrected chi connectivity index (χ0v) is 12.1. The molecule has 0 heterocycles. The van der Waals surface area contributed by atoms with Crippen molar-refractivity contribution in [2.75, 3.05) is 13.1 Å². The Bertz CT molecular complexity index is 246. The standard InChI is InChI=1S/C13H28N2O2/c1-10(2)7-13(6,8-14)9-15-11(16)17-12(3,4)5/h10H,7-9,14H2,1-6H3,(H,15,16). The van der Waals surface area contributed by atoms with Gasteiger partial charge in [-0.25, -0.2) is 4.79 Å². The lowest BCUT2D eigenvalue weighted by Crippen LogP contribution is -2.43. The molecule has 0 radical (unpaired) electrons. The molecule has 0 bridgehead atoms. The van der Waals surface area contributed by atoms with Crippen LogP contribution in [0.5, 0.6) is 0 Å². The summed E-state index contributed by atoms with van der Waals surface area (Å²) in [7, 11) is 0. The summed E-state index contributed by atoms with van der Waals surface area (Å²) in [5.74, 6) is 0.559. The van der Waals surface area contributed by atoms with Crippen LogP contribution in [0.15, 0.2) is 0 Å². The fraction of sp³-hybridized carbons (Fsp3) is 0.923. The molecule has 0 rings (SSSR count). The molecule has 102 valence electrons. The highest BCUT2D eigenvalue weighted by atomic mass is 16.6. The molecule has 0 aliphatic carbocycles. The number of nitrogens with two attached hydrogens (primary N) is 1. The minimum atomic E-state index is -0.457. The fourth-order valence-electron chi connectivity index (χ4n) is 1.81. The van der Waals surface area contributed by atoms with Crippen LogP contribution in [0.4, 0.5) is 4.79 Å². The summed E-state index contributed by atoms with van der Waals surface area (Å²) in [5, 5.41) is 2.79. The van der Waals surface area contributed by atoms with E-state index in [9.17, 15) is 4.79 Å². The summed E-state index contributed by atoms with van der Waals surface area (Å²) in [6.45, 7) is 13.1. The van der Waals surface area contributed by atoms with Crippen LogP contribution in [-0.4, -0.2) is 24.8 Å². The monoisotopic (exact) mass is 244 g/mol. The average molecular weight is 244 g/mol. The Hall–Kier alpha value is -0.770. The fourth-order valence-corrected chi connectivity index (χ4v) is 1.81. The van der Waals surface area contributed by atoms with E-state index < -0.39 is 5.60 Å². The molecule has 4 nitrogen and oxygen atoms in total. The number of alkyl carbamates (subject to hydrolysis) is 1. The van der Waals surface area contributed by atoms with Crippen LogP contribution in [-0.2, 0) is 4.74 Å². The number of hydrogen-bond donors (Lipinski definition) is 2. The Kier molecular flexibility index (Phi) is 5.96. The third kappa shape index (κ3) is 8.02. The normalized spacial score (nSPS) is 15.5.